The van der Waals surface area contributed by atoms with E-state index >= 15 is 0 Å². The molecule has 30 heavy (non-hydrogen) atoms. The molecule has 2 fully saturated rings. The van der Waals surface area contributed by atoms with Gasteiger partial charge in [0.15, 0.2) is 0 Å². The van der Waals surface area contributed by atoms with E-state index in [2.05, 4.69) is 10.1 Å². The molecule has 2 aliphatic carbocycles. The number of halogens is 2. The predicted molar refractivity (Wildman–Crippen MR) is 108 cm³/mol. The maximum absolute atomic E-state index is 12.2. The topological polar surface area (TPSA) is 141 Å². The molecule has 0 spiro atoms. The number of fused-ring (bicyclic) bond motifs is 1. The van der Waals surface area contributed by atoms with Crippen molar-refractivity contribution < 1.29 is 24.5 Å². The van der Waals surface area contributed by atoms with Gasteiger partial charge in [-0.3, -0.25) is 14.3 Å². The maximum atomic E-state index is 12.2. The van der Waals surface area contributed by atoms with Crippen LogP contribution in [0.5, 0.6) is 0 Å². The molecule has 0 unspecified atom stereocenters. The van der Waals surface area contributed by atoms with E-state index in [9.17, 15) is 19.8 Å². The van der Waals surface area contributed by atoms with Gasteiger partial charge in [-0.05, 0) is 23.6 Å². The Balaban J connectivity index is 1.63. The van der Waals surface area contributed by atoms with Crippen molar-refractivity contribution in [3.05, 3.63) is 40.1 Å². The zero-order valence-electron chi connectivity index (χ0n) is 15.6. The lowest BCUT2D eigenvalue weighted by molar-refractivity contribution is -0.152. The average molecular weight is 473 g/mol. The number of carbonyl (C=O) groups is 2. The highest BCUT2D eigenvalue weighted by atomic mass is 35.5. The summed E-state index contributed by atoms with van der Waals surface area (Å²) >= 11 is 13.2. The van der Waals surface area contributed by atoms with Crippen LogP contribution in [0, 0.1) is 17.8 Å². The number of ether oxygens (including phenoxy) is 1. The molecule has 12 heteroatoms. The Morgan fingerprint density at radius 2 is 2.07 bits per heavy atom. The first kappa shape index (κ1) is 21.4. The summed E-state index contributed by atoms with van der Waals surface area (Å²) in [7, 11) is 1.70. The van der Waals surface area contributed by atoms with E-state index in [-0.39, 0.29) is 6.61 Å². The number of nitrogens with zero attached hydrogens (tertiary/aromatic N) is 3. The molecule has 1 aromatic heterocycles. The van der Waals surface area contributed by atoms with Crippen LogP contribution in [0.25, 0.3) is 0 Å². The molecule has 2 saturated carbocycles. The number of aliphatic carboxylic acids is 2. The number of hydrogen-bond donors (Lipinski definition) is 3. The second-order valence-electron chi connectivity index (χ2n) is 7.47. The Bertz CT molecular complexity index is 1020. The van der Waals surface area contributed by atoms with Gasteiger partial charge in [0.25, 0.3) is 0 Å². The third kappa shape index (κ3) is 3.46. The van der Waals surface area contributed by atoms with Gasteiger partial charge in [0, 0.05) is 18.2 Å². The standard InChI is InChI=1S/C18H18Cl2N4O5S/c1-24-6-22-17(23-24)30-13-10-11(15(25)26)12(10)18(21,16(27)28)14(13)29-5-7-2-3-8(19)9(20)4-7/h2-4,6,10-14H,5,21H2,1H3,(H,25,26)(H,27,28)/t10-,11-,12-,13-,14+,18+/m0/s1. The van der Waals surface area contributed by atoms with Gasteiger partial charge in [0.2, 0.25) is 5.16 Å². The van der Waals surface area contributed by atoms with Crippen molar-refractivity contribution in [1.82, 2.24) is 14.8 Å². The van der Waals surface area contributed by atoms with Crippen molar-refractivity contribution in [2.24, 2.45) is 30.5 Å². The molecule has 4 N–H and O–H groups in total. The zero-order chi connectivity index (χ0) is 21.8. The van der Waals surface area contributed by atoms with Gasteiger partial charge in [0.05, 0.1) is 28.7 Å². The van der Waals surface area contributed by atoms with Crippen LogP contribution in [0.4, 0.5) is 0 Å². The fourth-order valence-electron chi connectivity index (χ4n) is 4.29. The minimum absolute atomic E-state index is 0.0394. The number of rotatable bonds is 7. The highest BCUT2D eigenvalue weighted by molar-refractivity contribution is 7.99. The van der Waals surface area contributed by atoms with Crippen molar-refractivity contribution >= 4 is 46.9 Å². The lowest BCUT2D eigenvalue weighted by atomic mass is 9.88. The van der Waals surface area contributed by atoms with Crippen molar-refractivity contribution in [3.8, 4) is 0 Å². The van der Waals surface area contributed by atoms with Gasteiger partial charge >= 0.3 is 11.9 Å². The molecule has 2 aliphatic rings. The molecule has 160 valence electrons. The van der Waals surface area contributed by atoms with E-state index in [4.69, 9.17) is 33.7 Å². The Labute approximate surface area is 185 Å². The summed E-state index contributed by atoms with van der Waals surface area (Å²) in [6.07, 6.45) is 0.554. The molecule has 0 aliphatic heterocycles. The molecule has 0 saturated heterocycles. The smallest absolute Gasteiger partial charge is 0.326 e. The summed E-state index contributed by atoms with van der Waals surface area (Å²) in [4.78, 5) is 28.0. The number of benzene rings is 1. The molecule has 0 amide bonds. The van der Waals surface area contributed by atoms with Gasteiger partial charge in [-0.1, -0.05) is 41.0 Å². The molecular weight excluding hydrogens is 455 g/mol. The van der Waals surface area contributed by atoms with E-state index in [1.807, 2.05) is 0 Å². The number of thioether (sulfide) groups is 1. The fourth-order valence-corrected chi connectivity index (χ4v) is 6.06. The number of nitrogens with two attached hydrogens (primary N) is 1. The Morgan fingerprint density at radius 3 is 2.63 bits per heavy atom. The van der Waals surface area contributed by atoms with E-state index < -0.39 is 46.6 Å². The number of aromatic nitrogens is 3. The summed E-state index contributed by atoms with van der Waals surface area (Å²) in [5.74, 6) is -4.41. The molecule has 2 aromatic rings. The van der Waals surface area contributed by atoms with Crippen LogP contribution < -0.4 is 5.73 Å². The van der Waals surface area contributed by atoms with Crippen LogP contribution >= 0.6 is 35.0 Å². The second kappa shape index (κ2) is 7.69. The summed E-state index contributed by atoms with van der Waals surface area (Å²) in [5.41, 5.74) is 5.17. The number of aryl methyl sites for hydroxylation is 1. The SMILES string of the molecule is Cn1cnc(S[C@H]2[C@H]3[C@H](C(=O)O)[C@H]3[C@](N)(C(=O)O)[C@@H]2OCc2ccc(Cl)c(Cl)c2)n1. The van der Waals surface area contributed by atoms with Crippen LogP contribution in [0.3, 0.4) is 0 Å². The van der Waals surface area contributed by atoms with Gasteiger partial charge in [-0.2, -0.15) is 0 Å². The predicted octanol–water partition coefficient (Wildman–Crippen LogP) is 1.91. The minimum atomic E-state index is -1.85. The van der Waals surface area contributed by atoms with E-state index in [1.54, 1.807) is 25.2 Å². The fraction of sp³-hybridized carbons (Fsp3) is 0.444. The summed E-state index contributed by atoms with van der Waals surface area (Å²) in [6, 6.07) is 4.96. The lowest BCUT2D eigenvalue weighted by Gasteiger charge is -2.34. The third-order valence-electron chi connectivity index (χ3n) is 5.66. The van der Waals surface area contributed by atoms with Gasteiger partial charge in [-0.25, -0.2) is 4.98 Å². The molecule has 0 radical (unpaired) electrons. The third-order valence-corrected chi connectivity index (χ3v) is 7.64. The molecule has 0 bridgehead atoms. The minimum Gasteiger partial charge on any atom is -0.481 e. The van der Waals surface area contributed by atoms with Crippen LogP contribution in [0.15, 0.2) is 29.7 Å². The van der Waals surface area contributed by atoms with Gasteiger partial charge in [-0.15, -0.1) is 5.10 Å². The first-order chi connectivity index (χ1) is 14.1. The quantitative estimate of drug-likeness (QED) is 0.550. The zero-order valence-corrected chi connectivity index (χ0v) is 17.9. The molecule has 1 aromatic carbocycles. The summed E-state index contributed by atoms with van der Waals surface area (Å²) in [6.45, 7) is 0.0394. The van der Waals surface area contributed by atoms with E-state index in [0.29, 0.717) is 20.8 Å². The average Bonchev–Trinajstić information content (AvgIpc) is 3.23. The summed E-state index contributed by atoms with van der Waals surface area (Å²) in [5, 5.41) is 24.3. The van der Waals surface area contributed by atoms with Crippen LogP contribution in [0.1, 0.15) is 5.56 Å². The van der Waals surface area contributed by atoms with Crippen molar-refractivity contribution in [3.63, 3.8) is 0 Å². The van der Waals surface area contributed by atoms with Crippen molar-refractivity contribution in [1.29, 1.82) is 0 Å². The first-order valence-electron chi connectivity index (χ1n) is 8.97. The number of carboxylic acid groups (broad SMARTS) is 2. The van der Waals surface area contributed by atoms with Crippen molar-refractivity contribution in [2.75, 3.05) is 0 Å². The largest absolute Gasteiger partial charge is 0.481 e. The number of hydrogen-bond acceptors (Lipinski definition) is 7. The highest BCUT2D eigenvalue weighted by Crippen LogP contribution is 2.65. The molecule has 6 atom stereocenters. The van der Waals surface area contributed by atoms with E-state index in [0.717, 1.165) is 0 Å². The Kier molecular flexibility index (Phi) is 5.48. The normalized spacial score (nSPS) is 32.1. The molecule has 9 nitrogen and oxygen atoms in total. The second-order valence-corrected chi connectivity index (χ2v) is 9.43. The molecule has 4 rings (SSSR count). The van der Waals surface area contributed by atoms with Crippen molar-refractivity contribution in [2.45, 2.75) is 28.7 Å². The Morgan fingerprint density at radius 1 is 1.33 bits per heavy atom. The van der Waals surface area contributed by atoms with Gasteiger partial charge in [0.1, 0.15) is 11.9 Å². The summed E-state index contributed by atoms with van der Waals surface area (Å²) < 4.78 is 7.51. The monoisotopic (exact) mass is 472 g/mol. The first-order valence-corrected chi connectivity index (χ1v) is 10.6. The van der Waals surface area contributed by atoms with Gasteiger partial charge < -0.3 is 20.7 Å². The van der Waals surface area contributed by atoms with Crippen LogP contribution in [-0.4, -0.2) is 53.8 Å². The highest BCUT2D eigenvalue weighted by Gasteiger charge is 2.78. The maximum Gasteiger partial charge on any atom is 0.326 e. The lowest BCUT2D eigenvalue weighted by Crippen LogP contribution is -2.61. The molecular formula is C18H18Cl2N4O5S. The van der Waals surface area contributed by atoms with Crippen LogP contribution in [-0.2, 0) is 28.0 Å². The number of carboxylic acids is 2. The van der Waals surface area contributed by atoms with E-state index in [1.165, 1.54) is 22.8 Å². The molecule has 1 heterocycles. The van der Waals surface area contributed by atoms with Crippen LogP contribution in [0.2, 0.25) is 10.0 Å². The Hall–Kier alpha value is -1.85.